The number of anilines is 2. The molecule has 130 valence electrons. The third-order valence-electron chi connectivity index (χ3n) is 4.13. The molecular formula is C20H19N5S. The lowest BCUT2D eigenvalue weighted by molar-refractivity contribution is 0.973. The summed E-state index contributed by atoms with van der Waals surface area (Å²) >= 11 is 1.61. The van der Waals surface area contributed by atoms with E-state index < -0.39 is 0 Å². The van der Waals surface area contributed by atoms with Gasteiger partial charge in [0.1, 0.15) is 18.0 Å². The van der Waals surface area contributed by atoms with Gasteiger partial charge < -0.3 is 5.32 Å². The monoisotopic (exact) mass is 361 g/mol. The number of para-hydroxylation sites is 1. The first-order valence-corrected chi connectivity index (χ1v) is 9.31. The van der Waals surface area contributed by atoms with Gasteiger partial charge >= 0.3 is 0 Å². The van der Waals surface area contributed by atoms with Crippen LogP contribution in [0.2, 0.25) is 0 Å². The van der Waals surface area contributed by atoms with E-state index in [9.17, 15) is 0 Å². The van der Waals surface area contributed by atoms with E-state index in [1.165, 1.54) is 10.5 Å². The number of rotatable bonds is 5. The van der Waals surface area contributed by atoms with Gasteiger partial charge in [0.15, 0.2) is 0 Å². The number of fused-ring (bicyclic) bond motifs is 1. The van der Waals surface area contributed by atoms with Crippen LogP contribution in [0.15, 0.2) is 65.8 Å². The molecule has 0 unspecified atom stereocenters. The van der Waals surface area contributed by atoms with Crippen molar-refractivity contribution in [3.63, 3.8) is 0 Å². The molecule has 26 heavy (non-hydrogen) atoms. The van der Waals surface area contributed by atoms with Gasteiger partial charge in [-0.05, 0) is 37.1 Å². The number of aryl methyl sites for hydroxylation is 2. The molecule has 0 aliphatic rings. The molecule has 0 aliphatic heterocycles. The van der Waals surface area contributed by atoms with Crippen LogP contribution in [0.3, 0.4) is 0 Å². The molecule has 0 bridgehead atoms. The van der Waals surface area contributed by atoms with Gasteiger partial charge in [0.05, 0.1) is 11.2 Å². The molecule has 0 amide bonds. The lowest BCUT2D eigenvalue weighted by Crippen LogP contribution is -2.01. The van der Waals surface area contributed by atoms with Crippen molar-refractivity contribution in [3.8, 4) is 0 Å². The SMILES string of the molecule is CCc1ccccc1Sn1nc(C)cc1Nc1ncnc2ccccc12. The predicted molar refractivity (Wildman–Crippen MR) is 107 cm³/mol. The average molecular weight is 361 g/mol. The second kappa shape index (κ2) is 7.17. The van der Waals surface area contributed by atoms with E-state index in [-0.39, 0.29) is 0 Å². The van der Waals surface area contributed by atoms with Crippen LogP contribution in [0.1, 0.15) is 18.2 Å². The number of nitrogens with one attached hydrogen (secondary N) is 1. The lowest BCUT2D eigenvalue weighted by atomic mass is 10.2. The quantitative estimate of drug-likeness (QED) is 0.542. The van der Waals surface area contributed by atoms with Gasteiger partial charge in [-0.2, -0.15) is 9.19 Å². The highest BCUT2D eigenvalue weighted by atomic mass is 32.2. The zero-order valence-electron chi connectivity index (χ0n) is 14.7. The fourth-order valence-electron chi connectivity index (χ4n) is 2.84. The Labute approximate surface area is 156 Å². The molecule has 5 nitrogen and oxygen atoms in total. The van der Waals surface area contributed by atoms with Crippen LogP contribution in [0, 0.1) is 6.92 Å². The molecule has 1 N–H and O–H groups in total. The van der Waals surface area contributed by atoms with E-state index in [0.29, 0.717) is 0 Å². The van der Waals surface area contributed by atoms with Crippen molar-refractivity contribution in [2.75, 3.05) is 5.32 Å². The molecule has 0 atom stereocenters. The highest BCUT2D eigenvalue weighted by molar-refractivity contribution is 7.97. The Morgan fingerprint density at radius 1 is 1.04 bits per heavy atom. The minimum atomic E-state index is 0.779. The van der Waals surface area contributed by atoms with Gasteiger partial charge in [0.2, 0.25) is 0 Å². The van der Waals surface area contributed by atoms with Gasteiger partial charge in [-0.1, -0.05) is 37.3 Å². The van der Waals surface area contributed by atoms with E-state index in [1.807, 2.05) is 41.3 Å². The average Bonchev–Trinajstić information content (AvgIpc) is 3.01. The third kappa shape index (κ3) is 3.28. The zero-order chi connectivity index (χ0) is 17.9. The summed E-state index contributed by atoms with van der Waals surface area (Å²) in [5.74, 6) is 1.67. The van der Waals surface area contributed by atoms with E-state index in [2.05, 4.69) is 51.6 Å². The first kappa shape index (κ1) is 16.6. The van der Waals surface area contributed by atoms with Crippen LogP contribution in [-0.4, -0.2) is 19.2 Å². The number of hydrogen-bond donors (Lipinski definition) is 1. The number of nitrogens with zero attached hydrogens (tertiary/aromatic N) is 4. The first-order valence-electron chi connectivity index (χ1n) is 8.54. The molecular weight excluding hydrogens is 342 g/mol. The summed E-state index contributed by atoms with van der Waals surface area (Å²) in [5.41, 5.74) is 3.17. The summed E-state index contributed by atoms with van der Waals surface area (Å²) in [7, 11) is 0. The molecule has 0 fully saturated rings. The molecule has 4 aromatic rings. The minimum Gasteiger partial charge on any atom is -0.324 e. The van der Waals surface area contributed by atoms with Crippen molar-refractivity contribution < 1.29 is 0 Å². The standard InChI is InChI=1S/C20H19N5S/c1-3-15-8-4-7-11-18(15)26-25-19(12-14(2)24-25)23-20-16-9-5-6-10-17(16)21-13-22-20/h4-13H,3H2,1-2H3,(H,21,22,23). The summed E-state index contributed by atoms with van der Waals surface area (Å²) in [6.45, 7) is 4.16. The molecule has 0 saturated carbocycles. The molecule has 2 aromatic carbocycles. The highest BCUT2D eigenvalue weighted by Gasteiger charge is 2.12. The summed E-state index contributed by atoms with van der Waals surface area (Å²) in [6, 6.07) is 18.4. The van der Waals surface area contributed by atoms with E-state index in [1.54, 1.807) is 18.3 Å². The van der Waals surface area contributed by atoms with Crippen LogP contribution in [-0.2, 0) is 6.42 Å². The van der Waals surface area contributed by atoms with Crippen LogP contribution in [0.5, 0.6) is 0 Å². The minimum absolute atomic E-state index is 0.779. The second-order valence-electron chi connectivity index (χ2n) is 5.96. The van der Waals surface area contributed by atoms with Gasteiger partial charge in [-0.15, -0.1) is 0 Å². The van der Waals surface area contributed by atoms with E-state index in [0.717, 1.165) is 34.7 Å². The fourth-order valence-corrected chi connectivity index (χ4v) is 3.86. The van der Waals surface area contributed by atoms with Crippen molar-refractivity contribution in [2.24, 2.45) is 0 Å². The van der Waals surface area contributed by atoms with E-state index in [4.69, 9.17) is 0 Å². The summed E-state index contributed by atoms with van der Waals surface area (Å²) in [6.07, 6.45) is 2.57. The molecule has 2 heterocycles. The molecule has 0 aliphatic carbocycles. The van der Waals surface area contributed by atoms with Gasteiger partial charge in [-0.3, -0.25) is 0 Å². The Balaban J connectivity index is 1.70. The summed E-state index contributed by atoms with van der Waals surface area (Å²) in [5, 5.41) is 9.04. The van der Waals surface area contributed by atoms with Gasteiger partial charge in [0, 0.05) is 28.3 Å². The van der Waals surface area contributed by atoms with Crippen molar-refractivity contribution in [1.29, 1.82) is 0 Å². The Morgan fingerprint density at radius 3 is 2.73 bits per heavy atom. The van der Waals surface area contributed by atoms with Crippen molar-refractivity contribution >= 4 is 34.5 Å². The molecule has 4 rings (SSSR count). The van der Waals surface area contributed by atoms with Crippen molar-refractivity contribution in [2.45, 2.75) is 25.2 Å². The predicted octanol–water partition coefficient (Wildman–Crippen LogP) is 5.00. The molecule has 2 aromatic heterocycles. The Bertz CT molecular complexity index is 1050. The van der Waals surface area contributed by atoms with Gasteiger partial charge in [0.25, 0.3) is 0 Å². The third-order valence-corrected chi connectivity index (χ3v) is 5.17. The van der Waals surface area contributed by atoms with Crippen LogP contribution >= 0.6 is 11.9 Å². The van der Waals surface area contributed by atoms with Crippen molar-refractivity contribution in [3.05, 3.63) is 72.2 Å². The molecule has 6 heteroatoms. The normalized spacial score (nSPS) is 11.0. The summed E-state index contributed by atoms with van der Waals surface area (Å²) < 4.78 is 1.92. The van der Waals surface area contributed by atoms with Crippen LogP contribution in [0.25, 0.3) is 10.9 Å². The largest absolute Gasteiger partial charge is 0.324 e. The molecule has 0 saturated heterocycles. The van der Waals surface area contributed by atoms with Crippen LogP contribution in [0.4, 0.5) is 11.6 Å². The Kier molecular flexibility index (Phi) is 4.58. The maximum atomic E-state index is 4.63. The summed E-state index contributed by atoms with van der Waals surface area (Å²) in [4.78, 5) is 9.95. The second-order valence-corrected chi connectivity index (χ2v) is 6.93. The number of hydrogen-bond acceptors (Lipinski definition) is 5. The fraction of sp³-hybridized carbons (Fsp3) is 0.150. The maximum Gasteiger partial charge on any atom is 0.142 e. The number of aromatic nitrogens is 4. The van der Waals surface area contributed by atoms with Gasteiger partial charge in [-0.25, -0.2) is 9.97 Å². The Morgan fingerprint density at radius 2 is 1.85 bits per heavy atom. The topological polar surface area (TPSA) is 55.6 Å². The van der Waals surface area contributed by atoms with E-state index >= 15 is 0 Å². The zero-order valence-corrected chi connectivity index (χ0v) is 15.5. The first-order chi connectivity index (χ1) is 12.7. The Hall–Kier alpha value is -2.86. The smallest absolute Gasteiger partial charge is 0.142 e. The molecule has 0 radical (unpaired) electrons. The van der Waals surface area contributed by atoms with Crippen molar-refractivity contribution in [1.82, 2.24) is 19.2 Å². The maximum absolute atomic E-state index is 4.63. The molecule has 0 spiro atoms. The lowest BCUT2D eigenvalue weighted by Gasteiger charge is -2.11. The highest BCUT2D eigenvalue weighted by Crippen LogP contribution is 2.30. The number of benzene rings is 2. The van der Waals surface area contributed by atoms with Crippen LogP contribution < -0.4 is 5.32 Å².